The molecule has 3 rings (SSSR count). The summed E-state index contributed by atoms with van der Waals surface area (Å²) in [6.45, 7) is 0. The molecule has 0 unspecified atom stereocenters. The van der Waals surface area contributed by atoms with Gasteiger partial charge in [0.15, 0.2) is 9.84 Å². The van der Waals surface area contributed by atoms with E-state index in [2.05, 4.69) is 0 Å². The van der Waals surface area contributed by atoms with Crippen LogP contribution in [0.15, 0.2) is 35.2 Å². The van der Waals surface area contributed by atoms with Crippen molar-refractivity contribution in [2.75, 3.05) is 5.75 Å². The van der Waals surface area contributed by atoms with Gasteiger partial charge < -0.3 is 4.74 Å². The second-order valence-electron chi connectivity index (χ2n) is 4.80. The first-order chi connectivity index (χ1) is 10.4. The molecule has 2 aromatic rings. The monoisotopic (exact) mass is 321 g/mol. The minimum absolute atomic E-state index is 0.0605. The van der Waals surface area contributed by atoms with Gasteiger partial charge in [0.25, 0.3) is 0 Å². The van der Waals surface area contributed by atoms with Crippen molar-refractivity contribution in [3.05, 3.63) is 53.1 Å². The minimum atomic E-state index is -3.37. The Labute approximate surface area is 125 Å². The zero-order valence-corrected chi connectivity index (χ0v) is 12.0. The number of hydrogen-bond donors (Lipinski definition) is 0. The molecule has 0 bridgehead atoms. The summed E-state index contributed by atoms with van der Waals surface area (Å²) in [5.41, 5.74) is 0.458. The number of benzene rings is 2. The predicted octanol–water partition coefficient (Wildman–Crippen LogP) is 2.96. The molecular weight excluding hydrogens is 312 g/mol. The first-order valence-corrected chi connectivity index (χ1v) is 7.98. The lowest BCUT2D eigenvalue weighted by molar-refractivity contribution is 0.466. The molecule has 0 fully saturated rings. The van der Waals surface area contributed by atoms with Gasteiger partial charge >= 0.3 is 0 Å². The fourth-order valence-electron chi connectivity index (χ4n) is 2.42. The lowest BCUT2D eigenvalue weighted by atomic mass is 10.1. The number of rotatable bonds is 2. The van der Waals surface area contributed by atoms with Crippen molar-refractivity contribution in [1.82, 2.24) is 0 Å². The molecule has 4 nitrogen and oxygen atoms in total. The van der Waals surface area contributed by atoms with Gasteiger partial charge in [0.05, 0.1) is 16.2 Å². The summed E-state index contributed by atoms with van der Waals surface area (Å²) in [5, 5.41) is 9.27. The highest BCUT2D eigenvalue weighted by atomic mass is 32.2. The van der Waals surface area contributed by atoms with Gasteiger partial charge in [-0.05, 0) is 24.1 Å². The van der Waals surface area contributed by atoms with E-state index < -0.39 is 21.5 Å². The fourth-order valence-corrected chi connectivity index (χ4v) is 3.96. The summed E-state index contributed by atoms with van der Waals surface area (Å²) in [6, 6.07) is 7.24. The second kappa shape index (κ2) is 5.07. The van der Waals surface area contributed by atoms with Gasteiger partial charge in [-0.2, -0.15) is 5.26 Å². The Morgan fingerprint density at radius 3 is 2.45 bits per heavy atom. The number of nitrogens with zero attached hydrogens (tertiary/aromatic N) is 1. The Hall–Kier alpha value is -2.46. The zero-order chi connectivity index (χ0) is 15.9. The van der Waals surface area contributed by atoms with Gasteiger partial charge in [-0.3, -0.25) is 0 Å². The first kappa shape index (κ1) is 14.5. The van der Waals surface area contributed by atoms with Gasteiger partial charge in [-0.25, -0.2) is 17.2 Å². The van der Waals surface area contributed by atoms with Crippen LogP contribution in [0.25, 0.3) is 0 Å². The quantitative estimate of drug-likeness (QED) is 0.853. The molecule has 0 spiro atoms. The largest absolute Gasteiger partial charge is 0.456 e. The van der Waals surface area contributed by atoms with Gasteiger partial charge in [-0.15, -0.1) is 0 Å². The third kappa shape index (κ3) is 2.42. The summed E-state index contributed by atoms with van der Waals surface area (Å²) >= 11 is 0. The molecule has 1 aliphatic rings. The van der Waals surface area contributed by atoms with Crippen molar-refractivity contribution in [1.29, 1.82) is 5.26 Å². The molecule has 2 aromatic carbocycles. The van der Waals surface area contributed by atoms with Crippen LogP contribution in [-0.2, 0) is 16.3 Å². The number of hydrogen-bond acceptors (Lipinski definition) is 4. The van der Waals surface area contributed by atoms with Crippen LogP contribution in [-0.4, -0.2) is 14.2 Å². The number of halogens is 2. The summed E-state index contributed by atoms with van der Waals surface area (Å²) in [5.74, 6) is -1.71. The molecule has 1 heterocycles. The van der Waals surface area contributed by atoms with E-state index in [-0.39, 0.29) is 34.1 Å². The van der Waals surface area contributed by atoms with Gasteiger partial charge in [0.1, 0.15) is 29.2 Å². The van der Waals surface area contributed by atoms with Crippen LogP contribution in [0.3, 0.4) is 0 Å². The lowest BCUT2D eigenvalue weighted by Crippen LogP contribution is -1.99. The molecule has 7 heteroatoms. The standard InChI is InChI=1S/C15H9F2NO3S/c16-9-5-10(17)7-11(6-9)21-14-1-2-15-12(13(14)8-18)3-4-22(15,19)20/h1-2,5-7H,3-4H2. The summed E-state index contributed by atoms with van der Waals surface area (Å²) < 4.78 is 55.4. The van der Waals surface area contributed by atoms with Crippen LogP contribution >= 0.6 is 0 Å². The molecule has 0 aromatic heterocycles. The summed E-state index contributed by atoms with van der Waals surface area (Å²) in [7, 11) is -3.37. The van der Waals surface area contributed by atoms with Gasteiger partial charge in [0, 0.05) is 18.2 Å². The topological polar surface area (TPSA) is 67.2 Å². The smallest absolute Gasteiger partial charge is 0.179 e. The average Bonchev–Trinajstić information content (AvgIpc) is 2.73. The third-order valence-electron chi connectivity index (χ3n) is 3.36. The van der Waals surface area contributed by atoms with E-state index in [1.807, 2.05) is 6.07 Å². The molecule has 1 aliphatic heterocycles. The third-order valence-corrected chi connectivity index (χ3v) is 5.16. The molecule has 0 N–H and O–H groups in total. The number of nitriles is 1. The molecule has 0 aliphatic carbocycles. The molecule has 112 valence electrons. The fraction of sp³-hybridized carbons (Fsp3) is 0.133. The molecule has 0 amide bonds. The molecule has 0 radical (unpaired) electrons. The Morgan fingerprint density at radius 1 is 1.14 bits per heavy atom. The second-order valence-corrected chi connectivity index (χ2v) is 6.88. The van der Waals surface area contributed by atoms with E-state index >= 15 is 0 Å². The highest BCUT2D eigenvalue weighted by Crippen LogP contribution is 2.35. The molecule has 0 saturated heterocycles. The maximum Gasteiger partial charge on any atom is 0.179 e. The molecule has 22 heavy (non-hydrogen) atoms. The molecule has 0 saturated carbocycles. The van der Waals surface area contributed by atoms with Crippen LogP contribution in [0.1, 0.15) is 11.1 Å². The van der Waals surface area contributed by atoms with Crippen LogP contribution in [0.4, 0.5) is 8.78 Å². The van der Waals surface area contributed by atoms with Crippen LogP contribution in [0.2, 0.25) is 0 Å². The van der Waals surface area contributed by atoms with Crippen LogP contribution in [0, 0.1) is 23.0 Å². The zero-order valence-electron chi connectivity index (χ0n) is 11.1. The Bertz CT molecular complexity index is 897. The highest BCUT2D eigenvalue weighted by Gasteiger charge is 2.30. The van der Waals surface area contributed by atoms with E-state index in [0.717, 1.165) is 12.1 Å². The van der Waals surface area contributed by atoms with Crippen molar-refractivity contribution < 1.29 is 21.9 Å². The van der Waals surface area contributed by atoms with Crippen molar-refractivity contribution in [2.24, 2.45) is 0 Å². The summed E-state index contributed by atoms with van der Waals surface area (Å²) in [4.78, 5) is 0.113. The maximum absolute atomic E-state index is 13.2. The van der Waals surface area contributed by atoms with Gasteiger partial charge in [-0.1, -0.05) is 0 Å². The van der Waals surface area contributed by atoms with Crippen molar-refractivity contribution in [2.45, 2.75) is 11.3 Å². The number of fused-ring (bicyclic) bond motifs is 1. The Balaban J connectivity index is 2.08. The van der Waals surface area contributed by atoms with E-state index in [1.54, 1.807) is 0 Å². The summed E-state index contributed by atoms with van der Waals surface area (Å²) in [6.07, 6.45) is 0.218. The van der Waals surface area contributed by atoms with E-state index in [9.17, 15) is 22.5 Å². The van der Waals surface area contributed by atoms with E-state index in [4.69, 9.17) is 4.74 Å². The first-order valence-electron chi connectivity index (χ1n) is 6.33. The Kier molecular flexibility index (Phi) is 3.34. The van der Waals surface area contributed by atoms with Crippen molar-refractivity contribution in [3.63, 3.8) is 0 Å². The number of ether oxygens (including phenoxy) is 1. The minimum Gasteiger partial charge on any atom is -0.456 e. The number of sulfone groups is 1. The lowest BCUT2D eigenvalue weighted by Gasteiger charge is -2.10. The molecular formula is C15H9F2NO3S. The van der Waals surface area contributed by atoms with Crippen molar-refractivity contribution in [3.8, 4) is 17.6 Å². The van der Waals surface area contributed by atoms with Crippen LogP contribution in [0.5, 0.6) is 11.5 Å². The highest BCUT2D eigenvalue weighted by molar-refractivity contribution is 7.91. The predicted molar refractivity (Wildman–Crippen MR) is 73.3 cm³/mol. The van der Waals surface area contributed by atoms with E-state index in [0.29, 0.717) is 11.6 Å². The molecule has 0 atom stereocenters. The van der Waals surface area contributed by atoms with Gasteiger partial charge in [0.2, 0.25) is 0 Å². The van der Waals surface area contributed by atoms with Crippen molar-refractivity contribution >= 4 is 9.84 Å². The van der Waals surface area contributed by atoms with Crippen LogP contribution < -0.4 is 4.74 Å². The SMILES string of the molecule is N#Cc1c(Oc2cc(F)cc(F)c2)ccc2c1CCS2(=O)=O. The van der Waals surface area contributed by atoms with E-state index in [1.165, 1.54) is 12.1 Å². The normalized spacial score (nSPS) is 15.1. The maximum atomic E-state index is 13.2. The Morgan fingerprint density at radius 2 is 1.82 bits per heavy atom. The average molecular weight is 321 g/mol.